The number of ether oxygens (including phenoxy) is 1. The molecule has 7 aromatic rings. The van der Waals surface area contributed by atoms with Gasteiger partial charge in [0.15, 0.2) is 28.6 Å². The SMILES string of the molecule is COc1ccc(CN2C(=O)Cc3c2nc(-c2ccc(C)o2)n2nc(C)nc32)cc1.Cc1nc2c3c(nc(-c4ccc(C)o4)n2n1)CC(=O)C3.ClCCl.O=S(=O)(O)C(F)(F)F. The van der Waals surface area contributed by atoms with Crippen molar-refractivity contribution in [3.8, 4) is 28.9 Å². The predicted molar refractivity (Wildman–Crippen MR) is 210 cm³/mol. The van der Waals surface area contributed by atoms with Gasteiger partial charge in [-0.05, 0) is 69.7 Å². The van der Waals surface area contributed by atoms with Crippen LogP contribution in [0.4, 0.5) is 19.0 Å². The van der Waals surface area contributed by atoms with Crippen molar-refractivity contribution in [3.05, 3.63) is 94.1 Å². The zero-order valence-corrected chi connectivity index (χ0v) is 34.6. The maximum Gasteiger partial charge on any atom is 0.522 e. The number of alkyl halides is 5. The molecule has 7 heterocycles. The molecule has 60 heavy (non-hydrogen) atoms. The van der Waals surface area contributed by atoms with E-state index in [1.807, 2.05) is 76.2 Å². The van der Waals surface area contributed by atoms with E-state index in [0.717, 1.165) is 39.7 Å². The summed E-state index contributed by atoms with van der Waals surface area (Å²) in [5.41, 5.74) is -0.725. The highest BCUT2D eigenvalue weighted by Gasteiger charge is 2.44. The van der Waals surface area contributed by atoms with Crippen molar-refractivity contribution in [3.63, 3.8) is 0 Å². The maximum absolute atomic E-state index is 12.8. The standard InChI is InChI=1S/C21H19N5O3.C14H12N4O2.CH2Cl2.CHF3O3S/c1-12-4-9-17(29-12)21-23-19-16(20-22-13(2)24-26(20)21)10-18(27)25(19)11-14-5-7-15(28-3)8-6-14;1-7-3-4-12(20-7)14-16-11-6-9(19)5-10(11)13-15-8(2)17-18(13)14;2-1-3;2-1(3,4)8(5,6)7/h4-9H,10-11H2,1-3H3;3-4H,5-6H2,1-2H3;1H2;(H,5,6,7). The monoisotopic (exact) mass is 891 g/mol. The summed E-state index contributed by atoms with van der Waals surface area (Å²) >= 11 is 9.53. The summed E-state index contributed by atoms with van der Waals surface area (Å²) in [6.45, 7) is 7.82. The second-order valence-corrected chi connectivity index (χ2v) is 15.3. The molecule has 17 nitrogen and oxygen atoms in total. The third-order valence-electron chi connectivity index (χ3n) is 8.78. The largest absolute Gasteiger partial charge is 0.522 e. The van der Waals surface area contributed by atoms with Gasteiger partial charge < -0.3 is 13.6 Å². The molecule has 6 aromatic heterocycles. The average Bonchev–Trinajstić information content (AvgIpc) is 4.04. The molecule has 0 atom stereocenters. The Bertz CT molecular complexity index is 2840. The van der Waals surface area contributed by atoms with Crippen molar-refractivity contribution in [2.75, 3.05) is 17.3 Å². The van der Waals surface area contributed by atoms with Gasteiger partial charge >= 0.3 is 15.6 Å². The number of methoxy groups -OCH3 is 1. The fraction of sp³-hybridized carbons (Fsp3) is 0.297. The first kappa shape index (κ1) is 43.7. The van der Waals surface area contributed by atoms with Crippen LogP contribution in [0.2, 0.25) is 0 Å². The van der Waals surface area contributed by atoms with Crippen LogP contribution in [0.25, 0.3) is 34.5 Å². The van der Waals surface area contributed by atoms with Gasteiger partial charge in [0.05, 0.1) is 31.1 Å². The molecule has 2 aliphatic rings. The quantitative estimate of drug-likeness (QED) is 0.110. The van der Waals surface area contributed by atoms with E-state index >= 15 is 0 Å². The summed E-state index contributed by atoms with van der Waals surface area (Å²) in [6, 6.07) is 15.1. The van der Waals surface area contributed by atoms with E-state index in [9.17, 15) is 22.8 Å². The van der Waals surface area contributed by atoms with Gasteiger partial charge in [0.2, 0.25) is 11.7 Å². The maximum atomic E-state index is 12.8. The number of ketones is 1. The van der Waals surface area contributed by atoms with Gasteiger partial charge in [-0.1, -0.05) is 12.1 Å². The molecule has 0 saturated heterocycles. The molecule has 0 saturated carbocycles. The Balaban J connectivity index is 0.000000168. The Labute approximate surface area is 348 Å². The summed E-state index contributed by atoms with van der Waals surface area (Å²) in [5.74, 6) is 6.75. The zero-order valence-electron chi connectivity index (χ0n) is 32.3. The van der Waals surface area contributed by atoms with Crippen LogP contribution in [0.3, 0.4) is 0 Å². The highest BCUT2D eigenvalue weighted by atomic mass is 35.5. The smallest absolute Gasteiger partial charge is 0.497 e. The molecule has 1 aliphatic carbocycles. The number of fused-ring (bicyclic) bond motifs is 6. The Morgan fingerprint density at radius 2 is 1.27 bits per heavy atom. The summed E-state index contributed by atoms with van der Waals surface area (Å²) in [5, 5.41) is 9.04. The number of aromatic nitrogens is 8. The number of carbonyl (C=O) groups is 2. The number of furan rings is 2. The first-order valence-electron chi connectivity index (χ1n) is 17.6. The van der Waals surface area contributed by atoms with Crippen molar-refractivity contribution in [2.24, 2.45) is 0 Å². The highest BCUT2D eigenvalue weighted by Crippen LogP contribution is 2.35. The summed E-state index contributed by atoms with van der Waals surface area (Å²) in [6.07, 6.45) is 1.00. The molecule has 1 aromatic carbocycles. The molecular formula is C37H34Cl2F3N9O8S. The van der Waals surface area contributed by atoms with E-state index in [1.165, 1.54) is 0 Å². The molecular weight excluding hydrogens is 858 g/mol. The molecule has 23 heteroatoms. The van der Waals surface area contributed by atoms with E-state index in [-0.39, 0.29) is 23.5 Å². The zero-order chi connectivity index (χ0) is 43.7. The van der Waals surface area contributed by atoms with Crippen LogP contribution in [0.1, 0.15) is 45.6 Å². The first-order chi connectivity index (χ1) is 28.3. The van der Waals surface area contributed by atoms with Crippen LogP contribution in [0.15, 0.2) is 57.4 Å². The molecule has 0 spiro atoms. The molecule has 1 aliphatic heterocycles. The van der Waals surface area contributed by atoms with E-state index in [4.69, 9.17) is 54.7 Å². The highest BCUT2D eigenvalue weighted by molar-refractivity contribution is 7.86. The fourth-order valence-electron chi connectivity index (χ4n) is 6.23. The number of anilines is 1. The van der Waals surface area contributed by atoms with Crippen LogP contribution in [0.5, 0.6) is 5.75 Å². The molecule has 0 unspecified atom stereocenters. The van der Waals surface area contributed by atoms with Crippen LogP contribution in [0, 0.1) is 27.7 Å². The summed E-state index contributed by atoms with van der Waals surface area (Å²) in [7, 11) is -4.21. The number of rotatable bonds is 5. The van der Waals surface area contributed by atoms with Crippen molar-refractivity contribution >= 4 is 62.1 Å². The predicted octanol–water partition coefficient (Wildman–Crippen LogP) is 6.58. The first-order valence-corrected chi connectivity index (χ1v) is 20.1. The molecule has 9 rings (SSSR count). The average molecular weight is 893 g/mol. The Morgan fingerprint density at radius 1 is 0.767 bits per heavy atom. The molecule has 0 fully saturated rings. The van der Waals surface area contributed by atoms with Crippen molar-refractivity contribution in [2.45, 2.75) is 59.0 Å². The number of nitrogens with zero attached hydrogens (tertiary/aromatic N) is 9. The lowest BCUT2D eigenvalue weighted by molar-refractivity contribution is -0.118. The van der Waals surface area contributed by atoms with Gasteiger partial charge in [0.25, 0.3) is 0 Å². The molecule has 1 amide bonds. The van der Waals surface area contributed by atoms with E-state index in [0.29, 0.717) is 71.3 Å². The van der Waals surface area contributed by atoms with Crippen LogP contribution in [-0.2, 0) is 45.5 Å². The number of hydrogen-bond donors (Lipinski definition) is 1. The second kappa shape index (κ2) is 17.4. The summed E-state index contributed by atoms with van der Waals surface area (Å²) < 4.78 is 77.5. The lowest BCUT2D eigenvalue weighted by Crippen LogP contribution is -2.26. The normalized spacial score (nSPS) is 13.3. The number of Topliss-reactive ketones (excluding diaryl/α,β-unsaturated/α-hetero) is 1. The van der Waals surface area contributed by atoms with Gasteiger partial charge in [-0.25, -0.2) is 19.9 Å². The number of hydrogen-bond acceptors (Lipinski definition) is 13. The Kier molecular flexibility index (Phi) is 12.6. The number of benzene rings is 1. The molecule has 316 valence electrons. The Morgan fingerprint density at radius 3 is 1.73 bits per heavy atom. The minimum absolute atomic E-state index is 0.0151. The third kappa shape index (κ3) is 9.28. The molecule has 1 N–H and O–H groups in total. The molecule has 0 bridgehead atoms. The van der Waals surface area contributed by atoms with E-state index < -0.39 is 15.6 Å². The third-order valence-corrected chi connectivity index (χ3v) is 9.36. The fourth-order valence-corrected chi connectivity index (χ4v) is 6.23. The van der Waals surface area contributed by atoms with Gasteiger partial charge in [-0.2, -0.15) is 30.6 Å². The van der Waals surface area contributed by atoms with E-state index in [2.05, 4.69) is 25.1 Å². The number of carbonyl (C=O) groups excluding carboxylic acids is 2. The molecule has 0 radical (unpaired) electrons. The summed E-state index contributed by atoms with van der Waals surface area (Å²) in [4.78, 5) is 44.6. The van der Waals surface area contributed by atoms with Crippen LogP contribution in [-0.4, -0.2) is 81.8 Å². The van der Waals surface area contributed by atoms with Crippen LogP contribution < -0.4 is 9.64 Å². The topological polar surface area (TPSA) is 213 Å². The van der Waals surface area contributed by atoms with Crippen molar-refractivity contribution < 1.29 is 49.3 Å². The van der Waals surface area contributed by atoms with Gasteiger partial charge in [-0.15, -0.1) is 33.4 Å². The minimum atomic E-state index is -5.84. The van der Waals surface area contributed by atoms with Gasteiger partial charge in [0.1, 0.15) is 40.5 Å². The Hall–Kier alpha value is -5.90. The van der Waals surface area contributed by atoms with Gasteiger partial charge in [0, 0.05) is 24.0 Å². The van der Waals surface area contributed by atoms with E-state index in [1.54, 1.807) is 21.0 Å². The number of aryl methyl sites for hydroxylation is 4. The number of halogens is 5. The minimum Gasteiger partial charge on any atom is -0.497 e. The lowest BCUT2D eigenvalue weighted by atomic mass is 10.2. The van der Waals surface area contributed by atoms with Crippen molar-refractivity contribution in [1.82, 2.24) is 39.2 Å². The number of amides is 1. The lowest BCUT2D eigenvalue weighted by Gasteiger charge is -2.17. The van der Waals surface area contributed by atoms with Crippen LogP contribution >= 0.6 is 23.2 Å². The second-order valence-electron chi connectivity index (χ2n) is 13.1. The van der Waals surface area contributed by atoms with Gasteiger partial charge in [-0.3, -0.25) is 19.0 Å². The van der Waals surface area contributed by atoms with Crippen molar-refractivity contribution in [1.29, 1.82) is 0 Å².